The number of rotatable bonds is 3. The predicted octanol–water partition coefficient (Wildman–Crippen LogP) is 4.24. The van der Waals surface area contributed by atoms with E-state index in [0.29, 0.717) is 10.8 Å². The van der Waals surface area contributed by atoms with Gasteiger partial charge in [0, 0.05) is 10.9 Å². The summed E-state index contributed by atoms with van der Waals surface area (Å²) in [5.74, 6) is 1.23. The second kappa shape index (κ2) is 5.54. The molecule has 0 saturated carbocycles. The molecule has 0 spiro atoms. The molecule has 2 heterocycles. The Morgan fingerprint density at radius 3 is 2.67 bits per heavy atom. The largest absolute Gasteiger partial charge is 0.466 e. The monoisotopic (exact) mass is 299 g/mol. The molecule has 21 heavy (non-hydrogen) atoms. The van der Waals surface area contributed by atoms with Crippen LogP contribution >= 0.6 is 11.3 Å². The molecule has 106 valence electrons. The standard InChI is InChI=1S/C16H13NO3S/c1-10-8-13(11(2)19-10)14-9-21-16(17-14)20-15(18)12-6-4-3-5-7-12/h3-9H,1-2H3. The molecule has 0 atom stereocenters. The summed E-state index contributed by atoms with van der Waals surface area (Å²) in [5.41, 5.74) is 2.18. The van der Waals surface area contributed by atoms with E-state index >= 15 is 0 Å². The van der Waals surface area contributed by atoms with Crippen molar-refractivity contribution in [2.24, 2.45) is 0 Å². The highest BCUT2D eigenvalue weighted by Crippen LogP contribution is 2.30. The minimum Gasteiger partial charge on any atom is -0.466 e. The molecule has 0 saturated heterocycles. The summed E-state index contributed by atoms with van der Waals surface area (Å²) in [6.07, 6.45) is 0. The molecule has 2 aromatic heterocycles. The van der Waals surface area contributed by atoms with Crippen LogP contribution in [-0.2, 0) is 0 Å². The van der Waals surface area contributed by atoms with Crippen LogP contribution in [0.2, 0.25) is 0 Å². The van der Waals surface area contributed by atoms with Crippen molar-refractivity contribution < 1.29 is 13.9 Å². The molecule has 0 amide bonds. The van der Waals surface area contributed by atoms with Gasteiger partial charge >= 0.3 is 5.97 Å². The number of carbonyl (C=O) groups is 1. The molecular weight excluding hydrogens is 286 g/mol. The van der Waals surface area contributed by atoms with Gasteiger partial charge in [-0.05, 0) is 32.0 Å². The van der Waals surface area contributed by atoms with Crippen LogP contribution in [0.4, 0.5) is 0 Å². The number of thiazole rings is 1. The van der Waals surface area contributed by atoms with Crippen LogP contribution < -0.4 is 4.74 Å². The summed E-state index contributed by atoms with van der Waals surface area (Å²) in [5, 5.41) is 2.18. The van der Waals surface area contributed by atoms with Crippen molar-refractivity contribution in [1.29, 1.82) is 0 Å². The Morgan fingerprint density at radius 2 is 2.00 bits per heavy atom. The van der Waals surface area contributed by atoms with Gasteiger partial charge in [-0.2, -0.15) is 0 Å². The minimum absolute atomic E-state index is 0.331. The molecule has 5 heteroatoms. The van der Waals surface area contributed by atoms with Crippen LogP contribution in [0.1, 0.15) is 21.9 Å². The van der Waals surface area contributed by atoms with Gasteiger partial charge in [0.25, 0.3) is 5.19 Å². The van der Waals surface area contributed by atoms with Crippen LogP contribution in [-0.4, -0.2) is 11.0 Å². The Morgan fingerprint density at radius 1 is 1.24 bits per heavy atom. The summed E-state index contributed by atoms with van der Waals surface area (Å²) in [7, 11) is 0. The Hall–Kier alpha value is -2.40. The van der Waals surface area contributed by atoms with E-state index in [9.17, 15) is 4.79 Å². The van der Waals surface area contributed by atoms with E-state index in [1.807, 2.05) is 31.4 Å². The molecule has 0 aliphatic rings. The van der Waals surface area contributed by atoms with E-state index in [2.05, 4.69) is 4.98 Å². The number of hydrogen-bond donors (Lipinski definition) is 0. The van der Waals surface area contributed by atoms with Crippen molar-refractivity contribution in [3.8, 4) is 16.5 Å². The van der Waals surface area contributed by atoms with Gasteiger partial charge < -0.3 is 9.15 Å². The molecule has 0 radical (unpaired) electrons. The molecule has 0 N–H and O–H groups in total. The fourth-order valence-electron chi connectivity index (χ4n) is 2.03. The van der Waals surface area contributed by atoms with Crippen molar-refractivity contribution in [3.05, 3.63) is 58.9 Å². The average Bonchev–Trinajstić information content (AvgIpc) is 3.06. The first-order valence-electron chi connectivity index (χ1n) is 6.43. The fourth-order valence-corrected chi connectivity index (χ4v) is 2.69. The first-order valence-corrected chi connectivity index (χ1v) is 7.31. The molecular formula is C16H13NO3S. The van der Waals surface area contributed by atoms with E-state index in [4.69, 9.17) is 9.15 Å². The Kier molecular flexibility index (Phi) is 3.58. The summed E-state index contributed by atoms with van der Waals surface area (Å²) in [4.78, 5) is 16.3. The fraction of sp³-hybridized carbons (Fsp3) is 0.125. The summed E-state index contributed by atoms with van der Waals surface area (Å²) < 4.78 is 10.8. The lowest BCUT2D eigenvalue weighted by atomic mass is 10.2. The maximum absolute atomic E-state index is 12.0. The third-order valence-electron chi connectivity index (χ3n) is 2.99. The van der Waals surface area contributed by atoms with Crippen molar-refractivity contribution in [2.45, 2.75) is 13.8 Å². The molecule has 0 unspecified atom stereocenters. The highest BCUT2D eigenvalue weighted by atomic mass is 32.1. The van der Waals surface area contributed by atoms with E-state index in [1.165, 1.54) is 11.3 Å². The first kappa shape index (κ1) is 13.6. The molecule has 0 bridgehead atoms. The van der Waals surface area contributed by atoms with Gasteiger partial charge in [-0.1, -0.05) is 29.5 Å². The molecule has 0 aliphatic heterocycles. The zero-order valence-electron chi connectivity index (χ0n) is 11.6. The Bertz CT molecular complexity index is 774. The highest BCUT2D eigenvalue weighted by molar-refractivity contribution is 7.11. The lowest BCUT2D eigenvalue weighted by Gasteiger charge is -1.99. The smallest absolute Gasteiger partial charge is 0.345 e. The molecule has 3 aromatic rings. The molecule has 1 aromatic carbocycles. The van der Waals surface area contributed by atoms with Gasteiger partial charge in [-0.3, -0.25) is 0 Å². The zero-order chi connectivity index (χ0) is 14.8. The van der Waals surface area contributed by atoms with Crippen LogP contribution in [0.15, 0.2) is 46.2 Å². The van der Waals surface area contributed by atoms with E-state index < -0.39 is 5.97 Å². The highest BCUT2D eigenvalue weighted by Gasteiger charge is 2.14. The summed E-state index contributed by atoms with van der Waals surface area (Å²) >= 11 is 1.29. The molecule has 0 aliphatic carbocycles. The van der Waals surface area contributed by atoms with Crippen molar-refractivity contribution in [2.75, 3.05) is 0 Å². The number of aromatic nitrogens is 1. The van der Waals surface area contributed by atoms with E-state index in [0.717, 1.165) is 22.8 Å². The van der Waals surface area contributed by atoms with Crippen LogP contribution in [0, 0.1) is 13.8 Å². The van der Waals surface area contributed by atoms with Gasteiger partial charge in [0.1, 0.15) is 11.5 Å². The zero-order valence-corrected chi connectivity index (χ0v) is 12.4. The number of carbonyl (C=O) groups excluding carboxylic acids is 1. The quantitative estimate of drug-likeness (QED) is 0.679. The topological polar surface area (TPSA) is 52.3 Å². The van der Waals surface area contributed by atoms with Crippen LogP contribution in [0.5, 0.6) is 5.19 Å². The SMILES string of the molecule is Cc1cc(-c2csc(OC(=O)c3ccccc3)n2)c(C)o1. The third-order valence-corrected chi connectivity index (χ3v) is 3.71. The van der Waals surface area contributed by atoms with Crippen LogP contribution in [0.3, 0.4) is 0 Å². The number of furan rings is 1. The minimum atomic E-state index is -0.406. The van der Waals surface area contributed by atoms with Crippen LogP contribution in [0.25, 0.3) is 11.3 Å². The van der Waals surface area contributed by atoms with Gasteiger partial charge in [-0.25, -0.2) is 9.78 Å². The third kappa shape index (κ3) is 2.87. The normalized spacial score (nSPS) is 10.6. The number of aryl methyl sites for hydroxylation is 2. The van der Waals surface area contributed by atoms with Crippen molar-refractivity contribution in [1.82, 2.24) is 4.98 Å². The average molecular weight is 299 g/mol. The van der Waals surface area contributed by atoms with E-state index in [-0.39, 0.29) is 0 Å². The Balaban J connectivity index is 1.80. The second-order valence-electron chi connectivity index (χ2n) is 4.58. The molecule has 0 fully saturated rings. The summed E-state index contributed by atoms with van der Waals surface area (Å²) in [6, 6.07) is 10.8. The summed E-state index contributed by atoms with van der Waals surface area (Å²) in [6.45, 7) is 3.77. The number of hydrogen-bond acceptors (Lipinski definition) is 5. The maximum atomic E-state index is 12.0. The van der Waals surface area contributed by atoms with Gasteiger partial charge in [0.2, 0.25) is 0 Å². The number of nitrogens with zero attached hydrogens (tertiary/aromatic N) is 1. The Labute approximate surface area is 126 Å². The van der Waals surface area contributed by atoms with Crippen molar-refractivity contribution >= 4 is 17.3 Å². The van der Waals surface area contributed by atoms with Gasteiger partial charge in [-0.15, -0.1) is 0 Å². The maximum Gasteiger partial charge on any atom is 0.345 e. The number of esters is 1. The van der Waals surface area contributed by atoms with Gasteiger partial charge in [0.15, 0.2) is 0 Å². The lowest BCUT2D eigenvalue weighted by Crippen LogP contribution is -2.07. The predicted molar refractivity (Wildman–Crippen MR) is 80.7 cm³/mol. The van der Waals surface area contributed by atoms with E-state index in [1.54, 1.807) is 24.3 Å². The first-order chi connectivity index (χ1) is 10.1. The van der Waals surface area contributed by atoms with Gasteiger partial charge in [0.05, 0.1) is 11.3 Å². The van der Waals surface area contributed by atoms with Crippen molar-refractivity contribution in [3.63, 3.8) is 0 Å². The number of benzene rings is 1. The lowest BCUT2D eigenvalue weighted by molar-refractivity contribution is 0.0734. The number of ether oxygens (including phenoxy) is 1. The second-order valence-corrected chi connectivity index (χ2v) is 5.40. The molecule has 3 rings (SSSR count). The molecule has 4 nitrogen and oxygen atoms in total.